The van der Waals surface area contributed by atoms with Crippen molar-refractivity contribution in [3.63, 3.8) is 0 Å². The van der Waals surface area contributed by atoms with Gasteiger partial charge in [0.05, 0.1) is 16.9 Å². The van der Waals surface area contributed by atoms with Gasteiger partial charge in [0.1, 0.15) is 0 Å². The van der Waals surface area contributed by atoms with Crippen molar-refractivity contribution in [2.45, 2.75) is 56.8 Å². The number of likely N-dealkylation sites (tertiary alicyclic amines) is 1. The van der Waals surface area contributed by atoms with Crippen LogP contribution in [0.3, 0.4) is 0 Å². The summed E-state index contributed by atoms with van der Waals surface area (Å²) < 4.78 is 0. The maximum atomic E-state index is 13.5. The van der Waals surface area contributed by atoms with E-state index >= 15 is 0 Å². The molecule has 1 aromatic rings. The number of hydrogen-bond acceptors (Lipinski definition) is 2. The Bertz CT molecular complexity index is 704. The summed E-state index contributed by atoms with van der Waals surface area (Å²) in [6, 6.07) is 12.8. The Kier molecular flexibility index (Phi) is 3.68. The number of hydrogen-bond donors (Lipinski definition) is 0. The Labute approximate surface area is 156 Å². The molecule has 1 amide bonds. The molecule has 0 aromatic heterocycles. The largest absolute Gasteiger partial charge is 0.342 e. The van der Waals surface area contributed by atoms with Gasteiger partial charge < -0.3 is 4.90 Å². The lowest BCUT2D eigenvalue weighted by molar-refractivity contribution is -0.159. The topological polar surface area (TPSA) is 44.1 Å². The van der Waals surface area contributed by atoms with Gasteiger partial charge in [-0.15, -0.1) is 0 Å². The molecule has 26 heavy (non-hydrogen) atoms. The minimum absolute atomic E-state index is 0.0475. The molecule has 4 bridgehead atoms. The average molecular weight is 348 g/mol. The van der Waals surface area contributed by atoms with Crippen molar-refractivity contribution in [2.24, 2.45) is 23.2 Å². The number of nitriles is 1. The van der Waals surface area contributed by atoms with Crippen LogP contribution in [0.25, 0.3) is 0 Å². The minimum atomic E-state index is -0.417. The molecule has 4 aliphatic carbocycles. The van der Waals surface area contributed by atoms with Gasteiger partial charge in [-0.3, -0.25) is 4.79 Å². The predicted molar refractivity (Wildman–Crippen MR) is 100 cm³/mol. The van der Waals surface area contributed by atoms with E-state index in [9.17, 15) is 10.1 Å². The van der Waals surface area contributed by atoms with Crippen LogP contribution in [0.2, 0.25) is 0 Å². The Morgan fingerprint density at radius 1 is 0.962 bits per heavy atom. The molecule has 5 fully saturated rings. The lowest BCUT2D eigenvalue weighted by Gasteiger charge is -2.57. The number of benzene rings is 1. The highest BCUT2D eigenvalue weighted by Crippen LogP contribution is 2.60. The molecule has 1 heterocycles. The fraction of sp³-hybridized carbons (Fsp3) is 0.652. The predicted octanol–water partition coefficient (Wildman–Crippen LogP) is 4.29. The normalized spacial score (nSPS) is 37.3. The van der Waals surface area contributed by atoms with Crippen LogP contribution in [-0.4, -0.2) is 23.9 Å². The summed E-state index contributed by atoms with van der Waals surface area (Å²) in [5.41, 5.74) is 0.651. The first-order valence-corrected chi connectivity index (χ1v) is 10.4. The van der Waals surface area contributed by atoms with Crippen LogP contribution in [0.4, 0.5) is 0 Å². The zero-order valence-corrected chi connectivity index (χ0v) is 15.5. The van der Waals surface area contributed by atoms with E-state index in [1.54, 1.807) is 0 Å². The van der Waals surface area contributed by atoms with Crippen LogP contribution < -0.4 is 0 Å². The third-order valence-electron chi connectivity index (χ3n) is 7.94. The molecule has 1 saturated heterocycles. The first-order chi connectivity index (χ1) is 12.6. The molecule has 0 N–H and O–H groups in total. The molecule has 1 aromatic carbocycles. The average Bonchev–Trinajstić information content (AvgIpc) is 2.67. The van der Waals surface area contributed by atoms with Gasteiger partial charge in [-0.05, 0) is 74.7 Å². The Morgan fingerprint density at radius 2 is 1.50 bits per heavy atom. The minimum Gasteiger partial charge on any atom is -0.342 e. The monoisotopic (exact) mass is 348 g/mol. The van der Waals surface area contributed by atoms with Gasteiger partial charge in [-0.25, -0.2) is 0 Å². The summed E-state index contributed by atoms with van der Waals surface area (Å²) in [5, 5.41) is 9.90. The van der Waals surface area contributed by atoms with E-state index in [1.165, 1.54) is 19.3 Å². The Hall–Kier alpha value is -1.82. The SMILES string of the molecule is N#CC1(c2ccccc2)CCN(C(=O)C23CC4CC(CC(C4)C2)C3)CC1. The van der Waals surface area contributed by atoms with Crippen LogP contribution >= 0.6 is 0 Å². The smallest absolute Gasteiger partial charge is 0.228 e. The summed E-state index contributed by atoms with van der Waals surface area (Å²) in [6.07, 6.45) is 9.06. The quantitative estimate of drug-likeness (QED) is 0.800. The van der Waals surface area contributed by atoms with Crippen LogP contribution in [0.15, 0.2) is 30.3 Å². The number of nitrogens with zero attached hydrogens (tertiary/aromatic N) is 2. The van der Waals surface area contributed by atoms with E-state index in [0.717, 1.165) is 68.5 Å². The second kappa shape index (κ2) is 5.84. The van der Waals surface area contributed by atoms with E-state index in [2.05, 4.69) is 23.1 Å². The molecule has 0 unspecified atom stereocenters. The summed E-state index contributed by atoms with van der Waals surface area (Å²) in [7, 11) is 0. The molecular weight excluding hydrogens is 320 g/mol. The van der Waals surface area contributed by atoms with Crippen molar-refractivity contribution in [1.29, 1.82) is 5.26 Å². The molecule has 136 valence electrons. The van der Waals surface area contributed by atoms with E-state index in [4.69, 9.17) is 0 Å². The van der Waals surface area contributed by atoms with Crippen molar-refractivity contribution in [1.82, 2.24) is 4.90 Å². The number of rotatable bonds is 2. The lowest BCUT2D eigenvalue weighted by atomic mass is 9.49. The van der Waals surface area contributed by atoms with Gasteiger partial charge in [0.2, 0.25) is 5.91 Å². The van der Waals surface area contributed by atoms with Crippen molar-refractivity contribution >= 4 is 5.91 Å². The van der Waals surface area contributed by atoms with E-state index in [-0.39, 0.29) is 5.41 Å². The molecular formula is C23H28N2O. The molecule has 0 spiro atoms. The fourth-order valence-electron chi connectivity index (χ4n) is 7.02. The molecule has 0 radical (unpaired) electrons. The van der Waals surface area contributed by atoms with Crippen molar-refractivity contribution in [2.75, 3.05) is 13.1 Å². The van der Waals surface area contributed by atoms with Crippen LogP contribution in [0.1, 0.15) is 56.9 Å². The van der Waals surface area contributed by atoms with Crippen LogP contribution in [-0.2, 0) is 10.2 Å². The third kappa shape index (κ3) is 2.42. The van der Waals surface area contributed by atoms with Gasteiger partial charge in [-0.1, -0.05) is 30.3 Å². The maximum Gasteiger partial charge on any atom is 0.228 e. The van der Waals surface area contributed by atoms with Crippen LogP contribution in [0.5, 0.6) is 0 Å². The van der Waals surface area contributed by atoms with Gasteiger partial charge in [0.15, 0.2) is 0 Å². The fourth-order valence-corrected chi connectivity index (χ4v) is 7.02. The third-order valence-corrected chi connectivity index (χ3v) is 7.94. The zero-order valence-electron chi connectivity index (χ0n) is 15.5. The first kappa shape index (κ1) is 16.4. The van der Waals surface area contributed by atoms with Crippen molar-refractivity contribution in [3.8, 4) is 6.07 Å². The molecule has 0 atom stereocenters. The maximum absolute atomic E-state index is 13.5. The van der Waals surface area contributed by atoms with E-state index in [0.29, 0.717) is 5.91 Å². The van der Waals surface area contributed by atoms with Gasteiger partial charge in [0, 0.05) is 13.1 Å². The number of amides is 1. The van der Waals surface area contributed by atoms with Crippen molar-refractivity contribution < 1.29 is 4.79 Å². The van der Waals surface area contributed by atoms with Crippen LogP contribution in [0, 0.1) is 34.5 Å². The zero-order chi connectivity index (χ0) is 17.8. The summed E-state index contributed by atoms with van der Waals surface area (Å²) in [6.45, 7) is 1.48. The second-order valence-corrected chi connectivity index (χ2v) is 9.55. The molecule has 4 saturated carbocycles. The van der Waals surface area contributed by atoms with Crippen molar-refractivity contribution in [3.05, 3.63) is 35.9 Å². The highest BCUT2D eigenvalue weighted by molar-refractivity contribution is 5.83. The Morgan fingerprint density at radius 3 is 2.00 bits per heavy atom. The molecule has 1 aliphatic heterocycles. The summed E-state index contributed by atoms with van der Waals surface area (Å²) >= 11 is 0. The number of carbonyl (C=O) groups is 1. The molecule has 6 rings (SSSR count). The highest BCUT2D eigenvalue weighted by atomic mass is 16.2. The number of carbonyl (C=O) groups excluding carboxylic acids is 1. The first-order valence-electron chi connectivity index (χ1n) is 10.4. The van der Waals surface area contributed by atoms with E-state index in [1.807, 2.05) is 18.2 Å². The number of piperidine rings is 1. The molecule has 3 nitrogen and oxygen atoms in total. The van der Waals surface area contributed by atoms with Gasteiger partial charge in [0.25, 0.3) is 0 Å². The van der Waals surface area contributed by atoms with Gasteiger partial charge in [-0.2, -0.15) is 5.26 Å². The molecule has 3 heteroatoms. The second-order valence-electron chi connectivity index (χ2n) is 9.55. The Balaban J connectivity index is 1.33. The molecule has 5 aliphatic rings. The summed E-state index contributed by atoms with van der Waals surface area (Å²) in [5.74, 6) is 2.84. The van der Waals surface area contributed by atoms with E-state index < -0.39 is 5.41 Å². The highest BCUT2D eigenvalue weighted by Gasteiger charge is 2.56. The van der Waals surface area contributed by atoms with Gasteiger partial charge >= 0.3 is 0 Å². The standard InChI is InChI=1S/C23H28N2O/c24-16-22(20-4-2-1-3-5-20)6-8-25(9-7-22)21(26)23-13-17-10-18(14-23)12-19(11-17)15-23/h1-5,17-19H,6-15H2. The lowest BCUT2D eigenvalue weighted by Crippen LogP contribution is -2.56. The summed E-state index contributed by atoms with van der Waals surface area (Å²) in [4.78, 5) is 15.6.